The third-order valence-corrected chi connectivity index (χ3v) is 5.66. The van der Waals surface area contributed by atoms with Crippen molar-refractivity contribution in [2.75, 3.05) is 24.7 Å². The van der Waals surface area contributed by atoms with Crippen LogP contribution in [0.2, 0.25) is 0 Å². The van der Waals surface area contributed by atoms with Gasteiger partial charge in [0, 0.05) is 24.9 Å². The highest BCUT2D eigenvalue weighted by Gasteiger charge is 2.33. The maximum absolute atomic E-state index is 13.1. The number of nitrogens with zero attached hydrogens (tertiary/aromatic N) is 2. The molecule has 1 amide bonds. The zero-order valence-corrected chi connectivity index (χ0v) is 14.2. The van der Waals surface area contributed by atoms with Gasteiger partial charge in [0.05, 0.1) is 11.8 Å². The van der Waals surface area contributed by atoms with Gasteiger partial charge in [-0.15, -0.1) is 0 Å². The van der Waals surface area contributed by atoms with Gasteiger partial charge in [0.25, 0.3) is 5.91 Å². The van der Waals surface area contributed by atoms with Crippen molar-refractivity contribution in [1.82, 2.24) is 10.1 Å². The molecule has 0 saturated carbocycles. The van der Waals surface area contributed by atoms with Crippen LogP contribution >= 0.6 is 11.8 Å². The fourth-order valence-electron chi connectivity index (χ4n) is 3.25. The van der Waals surface area contributed by atoms with E-state index in [1.54, 1.807) is 0 Å². The number of rotatable bonds is 5. The SMILES string of the molecule is CCc1noc(C)c1C(=O)N(C[C@@H]1CCCO1)[C@@H]1CCSC1. The molecule has 22 heavy (non-hydrogen) atoms. The van der Waals surface area contributed by atoms with Gasteiger partial charge in [-0.25, -0.2) is 0 Å². The molecule has 1 aromatic rings. The van der Waals surface area contributed by atoms with Crippen molar-refractivity contribution in [3.8, 4) is 0 Å². The lowest BCUT2D eigenvalue weighted by molar-refractivity contribution is 0.0439. The molecule has 2 fully saturated rings. The van der Waals surface area contributed by atoms with Gasteiger partial charge in [-0.2, -0.15) is 11.8 Å². The summed E-state index contributed by atoms with van der Waals surface area (Å²) >= 11 is 1.92. The quantitative estimate of drug-likeness (QED) is 0.833. The lowest BCUT2D eigenvalue weighted by Gasteiger charge is -2.30. The van der Waals surface area contributed by atoms with E-state index in [1.165, 1.54) is 0 Å². The summed E-state index contributed by atoms with van der Waals surface area (Å²) in [5.41, 5.74) is 1.43. The average molecular weight is 324 g/mol. The zero-order chi connectivity index (χ0) is 15.5. The number of carbonyl (C=O) groups excluding carboxylic acids is 1. The second-order valence-corrected chi connectivity index (χ2v) is 7.17. The molecule has 122 valence electrons. The standard InChI is InChI=1S/C16H24N2O3S/c1-3-14-15(11(2)21-17-14)16(19)18(12-6-8-22-10-12)9-13-5-4-7-20-13/h12-13H,3-10H2,1-2H3/t12-,13+/m1/s1. The predicted octanol–water partition coefficient (Wildman–Crippen LogP) is 2.67. The molecule has 2 saturated heterocycles. The molecule has 5 nitrogen and oxygen atoms in total. The molecule has 0 bridgehead atoms. The Labute approximate surface area is 135 Å². The first-order valence-electron chi connectivity index (χ1n) is 8.16. The maximum atomic E-state index is 13.1. The Morgan fingerprint density at radius 1 is 1.45 bits per heavy atom. The number of aryl methyl sites for hydroxylation is 2. The molecule has 2 aliphatic heterocycles. The van der Waals surface area contributed by atoms with Crippen LogP contribution in [0.3, 0.4) is 0 Å². The van der Waals surface area contributed by atoms with Gasteiger partial charge in [0.2, 0.25) is 0 Å². The van der Waals surface area contributed by atoms with E-state index in [0.29, 0.717) is 30.3 Å². The first-order valence-corrected chi connectivity index (χ1v) is 9.31. The number of carbonyl (C=O) groups is 1. The van der Waals surface area contributed by atoms with E-state index < -0.39 is 0 Å². The minimum Gasteiger partial charge on any atom is -0.376 e. The predicted molar refractivity (Wildman–Crippen MR) is 86.4 cm³/mol. The third-order valence-electron chi connectivity index (χ3n) is 4.51. The van der Waals surface area contributed by atoms with Crippen molar-refractivity contribution in [1.29, 1.82) is 0 Å². The Balaban J connectivity index is 1.83. The van der Waals surface area contributed by atoms with Crippen LogP contribution in [0.1, 0.15) is 48.0 Å². The van der Waals surface area contributed by atoms with Gasteiger partial charge < -0.3 is 14.2 Å². The summed E-state index contributed by atoms with van der Waals surface area (Å²) in [4.78, 5) is 15.2. The minimum absolute atomic E-state index is 0.0681. The Hall–Kier alpha value is -1.01. The van der Waals surface area contributed by atoms with Crippen LogP contribution in [-0.2, 0) is 11.2 Å². The molecule has 1 aromatic heterocycles. The van der Waals surface area contributed by atoms with E-state index in [1.807, 2.05) is 30.5 Å². The minimum atomic E-state index is 0.0681. The summed E-state index contributed by atoms with van der Waals surface area (Å²) in [6, 6.07) is 0.306. The summed E-state index contributed by atoms with van der Waals surface area (Å²) in [6.07, 6.45) is 4.10. The van der Waals surface area contributed by atoms with Crippen molar-refractivity contribution >= 4 is 17.7 Å². The molecule has 3 heterocycles. The van der Waals surface area contributed by atoms with Crippen LogP contribution in [0.4, 0.5) is 0 Å². The van der Waals surface area contributed by atoms with Crippen molar-refractivity contribution in [2.24, 2.45) is 0 Å². The van der Waals surface area contributed by atoms with Crippen LogP contribution in [0.15, 0.2) is 4.52 Å². The normalized spacial score (nSPS) is 24.8. The summed E-state index contributed by atoms with van der Waals surface area (Å²) in [6.45, 7) is 5.34. The monoisotopic (exact) mass is 324 g/mol. The van der Waals surface area contributed by atoms with Gasteiger partial charge in [0.1, 0.15) is 11.3 Å². The van der Waals surface area contributed by atoms with Gasteiger partial charge >= 0.3 is 0 Å². The molecular formula is C16H24N2O3S. The second kappa shape index (κ2) is 7.04. The van der Waals surface area contributed by atoms with E-state index in [0.717, 1.165) is 43.1 Å². The zero-order valence-electron chi connectivity index (χ0n) is 13.3. The van der Waals surface area contributed by atoms with Crippen molar-refractivity contribution in [3.05, 3.63) is 17.0 Å². The highest BCUT2D eigenvalue weighted by atomic mass is 32.2. The van der Waals surface area contributed by atoms with Crippen LogP contribution in [0, 0.1) is 6.92 Å². The molecule has 0 N–H and O–H groups in total. The first-order chi connectivity index (χ1) is 10.7. The highest BCUT2D eigenvalue weighted by molar-refractivity contribution is 7.99. The second-order valence-electron chi connectivity index (χ2n) is 6.02. The summed E-state index contributed by atoms with van der Waals surface area (Å²) in [5.74, 6) is 2.84. The number of hydrogen-bond acceptors (Lipinski definition) is 5. The number of thioether (sulfide) groups is 1. The lowest BCUT2D eigenvalue weighted by atomic mass is 10.1. The Morgan fingerprint density at radius 3 is 2.95 bits per heavy atom. The van der Waals surface area contributed by atoms with E-state index >= 15 is 0 Å². The highest BCUT2D eigenvalue weighted by Crippen LogP contribution is 2.27. The third kappa shape index (κ3) is 3.18. The molecule has 2 aliphatic rings. The summed E-state index contributed by atoms with van der Waals surface area (Å²) in [7, 11) is 0. The van der Waals surface area contributed by atoms with E-state index in [4.69, 9.17) is 9.26 Å². The fourth-order valence-corrected chi connectivity index (χ4v) is 4.47. The van der Waals surface area contributed by atoms with E-state index in [2.05, 4.69) is 5.16 Å². The van der Waals surface area contributed by atoms with E-state index in [-0.39, 0.29) is 12.0 Å². The Bertz CT molecular complexity index is 519. The molecule has 3 rings (SSSR count). The smallest absolute Gasteiger partial charge is 0.259 e. The molecule has 0 aliphatic carbocycles. The molecule has 6 heteroatoms. The first kappa shape index (κ1) is 15.9. The van der Waals surface area contributed by atoms with Crippen molar-refractivity contribution < 1.29 is 14.1 Å². The molecule has 0 radical (unpaired) electrons. The molecule has 0 unspecified atom stereocenters. The molecule has 0 spiro atoms. The fraction of sp³-hybridized carbons (Fsp3) is 0.750. The topological polar surface area (TPSA) is 55.6 Å². The van der Waals surface area contributed by atoms with Crippen LogP contribution in [0.5, 0.6) is 0 Å². The van der Waals surface area contributed by atoms with Crippen LogP contribution in [0.25, 0.3) is 0 Å². The number of amides is 1. The molecule has 2 atom stereocenters. The maximum Gasteiger partial charge on any atom is 0.259 e. The van der Waals surface area contributed by atoms with Gasteiger partial charge in [-0.05, 0) is 38.4 Å². The van der Waals surface area contributed by atoms with E-state index in [9.17, 15) is 4.79 Å². The van der Waals surface area contributed by atoms with Crippen LogP contribution in [-0.4, -0.2) is 52.8 Å². The van der Waals surface area contributed by atoms with Crippen molar-refractivity contribution in [2.45, 2.75) is 51.7 Å². The Kier molecular flexibility index (Phi) is 5.08. The number of aromatic nitrogens is 1. The number of hydrogen-bond donors (Lipinski definition) is 0. The van der Waals surface area contributed by atoms with Crippen LogP contribution < -0.4 is 0 Å². The lowest BCUT2D eigenvalue weighted by Crippen LogP contribution is -2.45. The Morgan fingerprint density at radius 2 is 2.32 bits per heavy atom. The number of ether oxygens (including phenoxy) is 1. The summed E-state index contributed by atoms with van der Waals surface area (Å²) < 4.78 is 11.0. The van der Waals surface area contributed by atoms with Crippen molar-refractivity contribution in [3.63, 3.8) is 0 Å². The van der Waals surface area contributed by atoms with Gasteiger partial charge in [0.15, 0.2) is 0 Å². The molecule has 0 aromatic carbocycles. The summed E-state index contributed by atoms with van der Waals surface area (Å²) in [5, 5.41) is 4.04. The van der Waals surface area contributed by atoms with Gasteiger partial charge in [-0.1, -0.05) is 12.1 Å². The average Bonchev–Trinajstić information content (AvgIpc) is 3.25. The largest absolute Gasteiger partial charge is 0.376 e. The van der Waals surface area contributed by atoms with Gasteiger partial charge in [-0.3, -0.25) is 4.79 Å². The molecular weight excluding hydrogens is 300 g/mol.